The zero-order valence-electron chi connectivity index (χ0n) is 18.2. The van der Waals surface area contributed by atoms with Gasteiger partial charge in [0.05, 0.1) is 19.4 Å². The second kappa shape index (κ2) is 12.6. The lowest BCUT2D eigenvalue weighted by molar-refractivity contribution is -0.141. The highest BCUT2D eigenvalue weighted by molar-refractivity contribution is 7.99. The fourth-order valence-electron chi connectivity index (χ4n) is 2.67. The minimum absolute atomic E-state index is 0.00723. The summed E-state index contributed by atoms with van der Waals surface area (Å²) < 4.78 is 12.1. The number of methoxy groups -OCH3 is 1. The van der Waals surface area contributed by atoms with Crippen LogP contribution in [-0.2, 0) is 25.7 Å². The molecule has 0 aliphatic rings. The largest absolute Gasteiger partial charge is 0.486 e. The van der Waals surface area contributed by atoms with E-state index in [0.717, 1.165) is 5.69 Å². The van der Waals surface area contributed by atoms with E-state index in [4.69, 9.17) is 16.3 Å². The van der Waals surface area contributed by atoms with Crippen LogP contribution < -0.4 is 15.4 Å². The van der Waals surface area contributed by atoms with Gasteiger partial charge in [-0.15, -0.1) is 10.2 Å². The second-order valence-corrected chi connectivity index (χ2v) is 8.11. The summed E-state index contributed by atoms with van der Waals surface area (Å²) in [5.74, 6) is -0.269. The van der Waals surface area contributed by atoms with E-state index in [-0.39, 0.29) is 31.4 Å². The number of hydrogen-bond acceptors (Lipinski definition) is 8. The van der Waals surface area contributed by atoms with Crippen LogP contribution >= 0.6 is 23.4 Å². The molecule has 0 aliphatic carbocycles. The van der Waals surface area contributed by atoms with Crippen LogP contribution in [-0.4, -0.2) is 58.5 Å². The topological polar surface area (TPSA) is 124 Å². The van der Waals surface area contributed by atoms with Gasteiger partial charge in [0.25, 0.3) is 0 Å². The summed E-state index contributed by atoms with van der Waals surface area (Å²) in [5, 5.41) is 14.4. The van der Waals surface area contributed by atoms with Gasteiger partial charge in [0.1, 0.15) is 18.9 Å². The molecule has 0 saturated carbocycles. The Hall–Kier alpha value is -3.57. The summed E-state index contributed by atoms with van der Waals surface area (Å²) in [5.41, 5.74) is 0.812. The number of amides is 2. The van der Waals surface area contributed by atoms with E-state index < -0.39 is 11.9 Å². The normalized spacial score (nSPS) is 10.4. The number of benzene rings is 2. The van der Waals surface area contributed by atoms with Crippen LogP contribution in [0.1, 0.15) is 5.82 Å². The minimum Gasteiger partial charge on any atom is -0.486 e. The summed E-state index contributed by atoms with van der Waals surface area (Å²) >= 11 is 7.08. The molecule has 0 unspecified atom stereocenters. The summed E-state index contributed by atoms with van der Waals surface area (Å²) in [4.78, 5) is 35.0. The Kier molecular flexibility index (Phi) is 9.30. The zero-order valence-corrected chi connectivity index (χ0v) is 19.8. The molecule has 0 fully saturated rings. The molecule has 2 aromatic carbocycles. The average molecular weight is 504 g/mol. The van der Waals surface area contributed by atoms with Crippen molar-refractivity contribution in [3.05, 3.63) is 65.4 Å². The van der Waals surface area contributed by atoms with Gasteiger partial charge in [-0.05, 0) is 36.4 Å². The monoisotopic (exact) mass is 503 g/mol. The Bertz CT molecular complexity index is 1120. The number of carbonyl (C=O) groups is 3. The van der Waals surface area contributed by atoms with E-state index in [1.54, 1.807) is 28.8 Å². The fourth-order valence-corrected chi connectivity index (χ4v) is 3.59. The van der Waals surface area contributed by atoms with Gasteiger partial charge in [-0.25, -0.2) is 0 Å². The maximum absolute atomic E-state index is 12.2. The Morgan fingerprint density at radius 1 is 0.971 bits per heavy atom. The molecule has 0 atom stereocenters. The molecule has 1 heterocycles. The number of nitrogens with zero attached hydrogens (tertiary/aromatic N) is 3. The molecular weight excluding hydrogens is 482 g/mol. The maximum atomic E-state index is 12.2. The highest BCUT2D eigenvalue weighted by atomic mass is 35.5. The molecular formula is C22H22ClN5O5S. The predicted octanol–water partition coefficient (Wildman–Crippen LogP) is 2.00. The first kappa shape index (κ1) is 25.1. The van der Waals surface area contributed by atoms with Gasteiger partial charge in [-0.2, -0.15) is 0 Å². The first-order valence-corrected chi connectivity index (χ1v) is 11.4. The van der Waals surface area contributed by atoms with Crippen molar-refractivity contribution in [1.29, 1.82) is 0 Å². The summed E-state index contributed by atoms with van der Waals surface area (Å²) in [6, 6.07) is 16.4. The van der Waals surface area contributed by atoms with Crippen molar-refractivity contribution in [2.45, 2.75) is 11.8 Å². The molecule has 0 saturated heterocycles. The Labute approximate surface area is 205 Å². The Morgan fingerprint density at radius 2 is 1.68 bits per heavy atom. The van der Waals surface area contributed by atoms with Crippen LogP contribution in [0.15, 0.2) is 59.8 Å². The SMILES string of the molecule is COC(=O)CNC(=O)CNC(=O)CSc1nnc(COc2ccc(Cl)cc2)n1-c1ccccc1. The zero-order chi connectivity index (χ0) is 24.3. The number of carbonyl (C=O) groups excluding carboxylic acids is 3. The third kappa shape index (κ3) is 7.49. The predicted molar refractivity (Wildman–Crippen MR) is 126 cm³/mol. The molecule has 0 aliphatic heterocycles. The third-order valence-corrected chi connectivity index (χ3v) is 5.51. The average Bonchev–Trinajstić information content (AvgIpc) is 3.27. The van der Waals surface area contributed by atoms with Crippen molar-refractivity contribution in [3.63, 3.8) is 0 Å². The van der Waals surface area contributed by atoms with Crippen LogP contribution in [0, 0.1) is 0 Å². The molecule has 2 amide bonds. The van der Waals surface area contributed by atoms with Crippen molar-refractivity contribution in [3.8, 4) is 11.4 Å². The van der Waals surface area contributed by atoms with Crippen LogP contribution in [0.4, 0.5) is 0 Å². The number of esters is 1. The minimum atomic E-state index is -0.577. The van der Waals surface area contributed by atoms with Gasteiger partial charge in [-0.1, -0.05) is 41.6 Å². The van der Waals surface area contributed by atoms with E-state index in [2.05, 4.69) is 25.6 Å². The van der Waals surface area contributed by atoms with Crippen molar-refractivity contribution in [1.82, 2.24) is 25.4 Å². The summed E-state index contributed by atoms with van der Waals surface area (Å²) in [6.45, 7) is -0.375. The molecule has 0 bridgehead atoms. The van der Waals surface area contributed by atoms with E-state index in [1.807, 2.05) is 30.3 Å². The number of thioether (sulfide) groups is 1. The van der Waals surface area contributed by atoms with Crippen LogP contribution in [0.3, 0.4) is 0 Å². The lowest BCUT2D eigenvalue weighted by Crippen LogP contribution is -2.39. The lowest BCUT2D eigenvalue weighted by Gasteiger charge is -2.11. The number of nitrogens with one attached hydrogen (secondary N) is 2. The summed E-state index contributed by atoms with van der Waals surface area (Å²) in [7, 11) is 1.22. The van der Waals surface area contributed by atoms with Gasteiger partial charge >= 0.3 is 5.97 Å². The summed E-state index contributed by atoms with van der Waals surface area (Å²) in [6.07, 6.45) is 0. The fraction of sp³-hybridized carbons (Fsp3) is 0.227. The Morgan fingerprint density at radius 3 is 2.38 bits per heavy atom. The molecule has 3 aromatic rings. The number of hydrogen-bond donors (Lipinski definition) is 2. The number of aromatic nitrogens is 3. The smallest absolute Gasteiger partial charge is 0.325 e. The highest BCUT2D eigenvalue weighted by Gasteiger charge is 2.17. The van der Waals surface area contributed by atoms with Gasteiger partial charge < -0.3 is 20.1 Å². The third-order valence-electron chi connectivity index (χ3n) is 4.33. The second-order valence-electron chi connectivity index (χ2n) is 6.73. The number of para-hydroxylation sites is 1. The van der Waals surface area contributed by atoms with Gasteiger partial charge in [0.15, 0.2) is 11.0 Å². The van der Waals surface area contributed by atoms with Crippen molar-refractivity contribution >= 4 is 41.1 Å². The van der Waals surface area contributed by atoms with E-state index in [0.29, 0.717) is 21.8 Å². The van der Waals surface area contributed by atoms with Crippen molar-refractivity contribution < 1.29 is 23.9 Å². The van der Waals surface area contributed by atoms with E-state index >= 15 is 0 Å². The number of rotatable bonds is 11. The maximum Gasteiger partial charge on any atom is 0.325 e. The van der Waals surface area contributed by atoms with Crippen LogP contribution in [0.5, 0.6) is 5.75 Å². The quantitative estimate of drug-likeness (QED) is 0.301. The molecule has 10 nitrogen and oxygen atoms in total. The van der Waals surface area contributed by atoms with Crippen molar-refractivity contribution in [2.75, 3.05) is 26.0 Å². The molecule has 0 radical (unpaired) electrons. The first-order valence-electron chi connectivity index (χ1n) is 10.1. The van der Waals surface area contributed by atoms with Gasteiger partial charge in [-0.3, -0.25) is 19.0 Å². The van der Waals surface area contributed by atoms with Crippen molar-refractivity contribution in [2.24, 2.45) is 0 Å². The molecule has 1 aromatic heterocycles. The lowest BCUT2D eigenvalue weighted by atomic mass is 10.3. The molecule has 178 valence electrons. The molecule has 0 spiro atoms. The van der Waals surface area contributed by atoms with E-state index in [9.17, 15) is 14.4 Å². The number of halogens is 1. The molecule has 3 rings (SSSR count). The standard InChI is InChI=1S/C22H22ClN5O5S/c1-32-21(31)12-25-19(29)11-24-20(30)14-34-22-27-26-18(28(22)16-5-3-2-4-6-16)13-33-17-9-7-15(23)8-10-17/h2-10H,11-14H2,1H3,(H,24,30)(H,25,29). The highest BCUT2D eigenvalue weighted by Crippen LogP contribution is 2.23. The molecule has 2 N–H and O–H groups in total. The van der Waals surface area contributed by atoms with Gasteiger partial charge in [0.2, 0.25) is 11.8 Å². The molecule has 34 heavy (non-hydrogen) atoms. The number of ether oxygens (including phenoxy) is 2. The van der Waals surface area contributed by atoms with E-state index in [1.165, 1.54) is 18.9 Å². The Balaban J connectivity index is 1.61. The first-order chi connectivity index (χ1) is 16.5. The van der Waals surface area contributed by atoms with Crippen LogP contribution in [0.25, 0.3) is 5.69 Å². The molecule has 12 heteroatoms. The van der Waals surface area contributed by atoms with Gasteiger partial charge in [0, 0.05) is 10.7 Å². The van der Waals surface area contributed by atoms with Crippen LogP contribution in [0.2, 0.25) is 5.02 Å².